The van der Waals surface area contributed by atoms with Crippen molar-refractivity contribution in [3.63, 3.8) is 0 Å². The normalized spacial score (nSPS) is 26.2. The molecule has 2 aromatic rings. The molecule has 2 aromatic heterocycles. The molecule has 2 aliphatic heterocycles. The molecular formula is C24H29FN4O2. The van der Waals surface area contributed by atoms with Gasteiger partial charge in [-0.2, -0.15) is 0 Å². The maximum absolute atomic E-state index is 14.0. The zero-order valence-corrected chi connectivity index (χ0v) is 17.8. The van der Waals surface area contributed by atoms with Crippen LogP contribution in [-0.2, 0) is 11.3 Å². The van der Waals surface area contributed by atoms with Crippen LogP contribution in [0.5, 0.6) is 0 Å². The third-order valence-electron chi connectivity index (χ3n) is 7.14. The van der Waals surface area contributed by atoms with Crippen LogP contribution in [0.25, 0.3) is 5.65 Å². The van der Waals surface area contributed by atoms with Gasteiger partial charge in [-0.3, -0.25) is 14.1 Å². The van der Waals surface area contributed by atoms with Gasteiger partial charge in [0.05, 0.1) is 0 Å². The molecule has 0 spiro atoms. The lowest BCUT2D eigenvalue weighted by Crippen LogP contribution is -2.44. The zero-order chi connectivity index (χ0) is 21.4. The summed E-state index contributed by atoms with van der Waals surface area (Å²) in [6, 6.07) is 6.55. The van der Waals surface area contributed by atoms with Crippen LogP contribution < -0.4 is 5.69 Å². The molecule has 7 heteroatoms. The monoisotopic (exact) mass is 424 g/mol. The fourth-order valence-corrected chi connectivity index (χ4v) is 5.69. The minimum atomic E-state index is -0.241. The van der Waals surface area contributed by atoms with E-state index in [2.05, 4.69) is 10.00 Å². The number of carbonyl (C=O) groups excluding carboxylic acids is 1. The van der Waals surface area contributed by atoms with Crippen molar-refractivity contribution in [1.82, 2.24) is 19.1 Å². The Morgan fingerprint density at radius 3 is 2.71 bits per heavy atom. The average molecular weight is 425 g/mol. The summed E-state index contributed by atoms with van der Waals surface area (Å²) in [5.74, 6) is 0.0746. The number of fused-ring (bicyclic) bond motifs is 3. The lowest BCUT2D eigenvalue weighted by Gasteiger charge is -2.39. The minimum Gasteiger partial charge on any atom is -0.297 e. The molecule has 164 valence electrons. The van der Waals surface area contributed by atoms with Gasteiger partial charge in [0.25, 0.3) is 0 Å². The second kappa shape index (κ2) is 8.54. The molecule has 0 N–H and O–H groups in total. The van der Waals surface area contributed by atoms with Gasteiger partial charge in [0.1, 0.15) is 5.83 Å². The Balaban J connectivity index is 1.16. The predicted octanol–water partition coefficient (Wildman–Crippen LogP) is 3.66. The fourth-order valence-electron chi connectivity index (χ4n) is 5.69. The van der Waals surface area contributed by atoms with Crippen LogP contribution in [0.4, 0.5) is 4.39 Å². The van der Waals surface area contributed by atoms with E-state index >= 15 is 0 Å². The lowest BCUT2D eigenvalue weighted by atomic mass is 9.84. The number of aromatic nitrogens is 3. The Labute approximate surface area is 181 Å². The highest BCUT2D eigenvalue weighted by atomic mass is 19.1. The number of pyridine rings is 1. The molecule has 2 atom stereocenters. The van der Waals surface area contributed by atoms with Crippen molar-refractivity contribution in [2.24, 2.45) is 5.92 Å². The van der Waals surface area contributed by atoms with E-state index < -0.39 is 0 Å². The first-order chi connectivity index (χ1) is 15.1. The molecule has 1 aliphatic carbocycles. The molecule has 2 fully saturated rings. The average Bonchev–Trinajstić information content (AvgIpc) is 3.21. The molecule has 0 radical (unpaired) electrons. The van der Waals surface area contributed by atoms with Crippen molar-refractivity contribution in [3.05, 3.63) is 58.4 Å². The Morgan fingerprint density at radius 2 is 1.97 bits per heavy atom. The van der Waals surface area contributed by atoms with Crippen LogP contribution >= 0.6 is 0 Å². The van der Waals surface area contributed by atoms with E-state index in [1.807, 2.05) is 24.3 Å². The Hall–Kier alpha value is -2.54. The number of ketones is 1. The van der Waals surface area contributed by atoms with Gasteiger partial charge in [-0.1, -0.05) is 18.2 Å². The molecule has 0 aromatic carbocycles. The minimum absolute atomic E-state index is 0.0301. The highest BCUT2D eigenvalue weighted by molar-refractivity contribution is 5.98. The van der Waals surface area contributed by atoms with Gasteiger partial charge in [-0.25, -0.2) is 13.9 Å². The van der Waals surface area contributed by atoms with Crippen LogP contribution in [0.1, 0.15) is 51.4 Å². The van der Waals surface area contributed by atoms with Crippen LogP contribution in [0.2, 0.25) is 0 Å². The van der Waals surface area contributed by atoms with Gasteiger partial charge < -0.3 is 0 Å². The van der Waals surface area contributed by atoms with Gasteiger partial charge in [0.2, 0.25) is 0 Å². The Morgan fingerprint density at radius 1 is 1.16 bits per heavy atom. The summed E-state index contributed by atoms with van der Waals surface area (Å²) in [5.41, 5.74) is 0.894. The smallest absolute Gasteiger partial charge is 0.297 e. The molecule has 31 heavy (non-hydrogen) atoms. The summed E-state index contributed by atoms with van der Waals surface area (Å²) in [4.78, 5) is 27.6. The summed E-state index contributed by atoms with van der Waals surface area (Å²) in [5, 5.41) is 4.41. The number of Topliss-reactive ketones (excluding diaryl/α,β-unsaturated/α-hetero) is 1. The van der Waals surface area contributed by atoms with E-state index in [-0.39, 0.29) is 17.3 Å². The van der Waals surface area contributed by atoms with Crippen LogP contribution in [0.15, 0.2) is 52.7 Å². The largest absolute Gasteiger partial charge is 0.350 e. The van der Waals surface area contributed by atoms with Crippen molar-refractivity contribution < 1.29 is 9.18 Å². The van der Waals surface area contributed by atoms with Crippen LogP contribution in [0, 0.1) is 5.92 Å². The lowest BCUT2D eigenvalue weighted by molar-refractivity contribution is -0.116. The van der Waals surface area contributed by atoms with Crippen molar-refractivity contribution in [1.29, 1.82) is 0 Å². The molecule has 0 amide bonds. The molecule has 2 bridgehead atoms. The van der Waals surface area contributed by atoms with E-state index in [4.69, 9.17) is 0 Å². The first-order valence-electron chi connectivity index (χ1n) is 11.5. The van der Waals surface area contributed by atoms with E-state index in [1.165, 1.54) is 12.8 Å². The Bertz CT molecular complexity index is 1080. The third kappa shape index (κ3) is 4.03. The Kier molecular flexibility index (Phi) is 5.61. The quantitative estimate of drug-likeness (QED) is 0.681. The van der Waals surface area contributed by atoms with E-state index in [1.54, 1.807) is 21.4 Å². The molecule has 0 saturated carbocycles. The molecule has 6 nitrogen and oxygen atoms in total. The third-order valence-corrected chi connectivity index (χ3v) is 7.14. The molecular weight excluding hydrogens is 395 g/mol. The number of allylic oxidation sites excluding steroid dienone is 4. The summed E-state index contributed by atoms with van der Waals surface area (Å²) in [6.07, 6.45) is 12.1. The number of nitrogens with zero attached hydrogens (tertiary/aromatic N) is 4. The standard InChI is InChI=1S/C24H29FN4O2/c25-21-7-2-1-6-20(21)22(30)16-17-14-18-9-10-19(15-17)27(18)12-5-13-29-24(31)28-11-4-3-8-23(28)26-29/h1,3-4,6,8,11,17-19H,2,5,7,9-10,12-16H2. The molecule has 2 saturated heterocycles. The van der Waals surface area contributed by atoms with Gasteiger partial charge >= 0.3 is 5.69 Å². The number of halogens is 1. The predicted molar refractivity (Wildman–Crippen MR) is 116 cm³/mol. The summed E-state index contributed by atoms with van der Waals surface area (Å²) >= 11 is 0. The zero-order valence-electron chi connectivity index (χ0n) is 17.8. The highest BCUT2D eigenvalue weighted by Crippen LogP contribution is 2.40. The second-order valence-electron chi connectivity index (χ2n) is 9.14. The summed E-state index contributed by atoms with van der Waals surface area (Å²) in [7, 11) is 0. The maximum atomic E-state index is 14.0. The van der Waals surface area contributed by atoms with Gasteiger partial charge in [0.15, 0.2) is 11.4 Å². The van der Waals surface area contributed by atoms with Gasteiger partial charge in [-0.05, 0) is 56.6 Å². The number of rotatable bonds is 7. The second-order valence-corrected chi connectivity index (χ2v) is 9.14. The molecule has 3 aliphatic rings. The number of aryl methyl sites for hydroxylation is 1. The van der Waals surface area contributed by atoms with E-state index in [0.717, 1.165) is 25.8 Å². The topological polar surface area (TPSA) is 59.6 Å². The number of hydrogen-bond acceptors (Lipinski definition) is 4. The van der Waals surface area contributed by atoms with Crippen molar-refractivity contribution >= 4 is 11.4 Å². The molecule has 2 unspecified atom stereocenters. The molecule has 4 heterocycles. The number of piperidine rings is 1. The van der Waals surface area contributed by atoms with Crippen LogP contribution in [-0.4, -0.2) is 43.5 Å². The SMILES string of the molecule is O=C(CC1CC2CCC(C1)N2CCCn1nc2ccccn2c1=O)C1=C(F)CCC=C1. The highest BCUT2D eigenvalue weighted by Gasteiger charge is 2.40. The fraction of sp³-hybridized carbons (Fsp3) is 0.542. The first-order valence-corrected chi connectivity index (χ1v) is 11.5. The van der Waals surface area contributed by atoms with E-state index in [9.17, 15) is 14.0 Å². The first kappa shape index (κ1) is 20.4. The van der Waals surface area contributed by atoms with Crippen LogP contribution in [0.3, 0.4) is 0 Å². The summed E-state index contributed by atoms with van der Waals surface area (Å²) < 4.78 is 17.2. The number of carbonyl (C=O) groups is 1. The van der Waals surface area contributed by atoms with E-state index in [0.29, 0.717) is 55.0 Å². The number of hydrogen-bond donors (Lipinski definition) is 0. The van der Waals surface area contributed by atoms with Gasteiger partial charge in [-0.15, -0.1) is 5.10 Å². The summed E-state index contributed by atoms with van der Waals surface area (Å²) in [6.45, 7) is 1.55. The van der Waals surface area contributed by atoms with Gasteiger partial charge in [0, 0.05) is 49.8 Å². The van der Waals surface area contributed by atoms with Crippen molar-refractivity contribution in [2.45, 2.75) is 70.0 Å². The van der Waals surface area contributed by atoms with Crippen molar-refractivity contribution in [2.75, 3.05) is 6.54 Å². The maximum Gasteiger partial charge on any atom is 0.350 e. The molecule has 5 rings (SSSR count). The van der Waals surface area contributed by atoms with Crippen molar-refractivity contribution in [3.8, 4) is 0 Å².